The van der Waals surface area contributed by atoms with Crippen molar-refractivity contribution in [2.24, 2.45) is 5.10 Å². The molecular weight excluding hydrogens is 416 g/mol. The van der Waals surface area contributed by atoms with Crippen molar-refractivity contribution in [3.8, 4) is 11.5 Å². The summed E-state index contributed by atoms with van der Waals surface area (Å²) in [5.74, 6) is 2.08. The maximum absolute atomic E-state index is 5.91. The first-order valence-corrected chi connectivity index (χ1v) is 10.6. The number of ether oxygens (including phenoxy) is 2. The SMILES string of the molecule is COc1cc(/C=N\n2c(Cc3cccs3)n[nH]c2=S)ccc1OCc1ccccc1. The van der Waals surface area contributed by atoms with Gasteiger partial charge in [-0.25, -0.2) is 0 Å². The molecule has 0 atom stereocenters. The standard InChI is InChI=1S/C22H20N4O2S2/c1-27-20-12-17(9-10-19(20)28-15-16-6-3-2-4-7-16)14-23-26-21(24-25-22(26)29)13-18-8-5-11-30-18/h2-12,14H,13,15H2,1H3,(H,25,29)/b23-14-. The maximum atomic E-state index is 5.91. The average Bonchev–Trinajstić information content (AvgIpc) is 3.42. The molecule has 2 heterocycles. The molecule has 2 aromatic heterocycles. The first-order chi connectivity index (χ1) is 14.7. The number of aromatic nitrogens is 3. The van der Waals surface area contributed by atoms with Gasteiger partial charge in [-0.1, -0.05) is 36.4 Å². The molecule has 2 aromatic carbocycles. The quantitative estimate of drug-likeness (QED) is 0.310. The van der Waals surface area contributed by atoms with Crippen molar-refractivity contribution >= 4 is 29.8 Å². The van der Waals surface area contributed by atoms with E-state index in [1.165, 1.54) is 4.88 Å². The van der Waals surface area contributed by atoms with Crippen LogP contribution < -0.4 is 9.47 Å². The van der Waals surface area contributed by atoms with E-state index in [1.54, 1.807) is 29.3 Å². The monoisotopic (exact) mass is 436 g/mol. The molecule has 0 fully saturated rings. The number of nitrogens with zero attached hydrogens (tertiary/aromatic N) is 3. The molecular formula is C22H20N4O2S2. The molecule has 30 heavy (non-hydrogen) atoms. The van der Waals surface area contributed by atoms with E-state index in [-0.39, 0.29) is 0 Å². The first kappa shape index (κ1) is 20.1. The van der Waals surface area contributed by atoms with Gasteiger partial charge in [0.1, 0.15) is 6.61 Å². The predicted octanol–water partition coefficient (Wildman–Crippen LogP) is 5.06. The summed E-state index contributed by atoms with van der Waals surface area (Å²) in [5, 5.41) is 13.7. The average molecular weight is 437 g/mol. The Bertz CT molecular complexity index is 1180. The fraction of sp³-hybridized carbons (Fsp3) is 0.136. The van der Waals surface area contributed by atoms with E-state index in [1.807, 2.05) is 60.0 Å². The molecule has 0 unspecified atom stereocenters. The summed E-state index contributed by atoms with van der Waals surface area (Å²) in [6, 6.07) is 19.8. The van der Waals surface area contributed by atoms with Crippen LogP contribution in [0.25, 0.3) is 0 Å². The summed E-state index contributed by atoms with van der Waals surface area (Å²) in [7, 11) is 1.62. The Hall–Kier alpha value is -3.23. The van der Waals surface area contributed by atoms with Gasteiger partial charge < -0.3 is 9.47 Å². The minimum atomic E-state index is 0.451. The van der Waals surface area contributed by atoms with Gasteiger partial charge in [0.2, 0.25) is 4.77 Å². The number of benzene rings is 2. The van der Waals surface area contributed by atoms with Gasteiger partial charge in [0.05, 0.1) is 13.3 Å². The van der Waals surface area contributed by atoms with Crippen molar-refractivity contribution in [2.75, 3.05) is 7.11 Å². The minimum absolute atomic E-state index is 0.451. The lowest BCUT2D eigenvalue weighted by atomic mass is 10.2. The van der Waals surface area contributed by atoms with E-state index in [2.05, 4.69) is 21.4 Å². The number of hydrogen-bond donors (Lipinski definition) is 1. The summed E-state index contributed by atoms with van der Waals surface area (Å²) < 4.78 is 13.5. The second kappa shape index (κ2) is 9.51. The number of rotatable bonds is 8. The molecule has 0 aliphatic rings. The van der Waals surface area contributed by atoms with Crippen LogP contribution in [0.3, 0.4) is 0 Å². The molecule has 0 saturated carbocycles. The number of aromatic amines is 1. The third-order valence-electron chi connectivity index (χ3n) is 4.38. The summed E-state index contributed by atoms with van der Waals surface area (Å²) in [6.07, 6.45) is 2.39. The van der Waals surface area contributed by atoms with Crippen molar-refractivity contribution in [3.05, 3.63) is 92.6 Å². The van der Waals surface area contributed by atoms with E-state index in [4.69, 9.17) is 21.7 Å². The van der Waals surface area contributed by atoms with Crippen molar-refractivity contribution in [3.63, 3.8) is 0 Å². The molecule has 4 rings (SSSR count). The van der Waals surface area contributed by atoms with Gasteiger partial charge in [-0.05, 0) is 53.0 Å². The number of methoxy groups -OCH3 is 1. The molecule has 1 N–H and O–H groups in total. The van der Waals surface area contributed by atoms with Gasteiger partial charge >= 0.3 is 0 Å². The van der Waals surface area contributed by atoms with E-state index in [0.717, 1.165) is 17.0 Å². The fourth-order valence-electron chi connectivity index (χ4n) is 2.87. The number of thiophene rings is 1. The highest BCUT2D eigenvalue weighted by atomic mass is 32.1. The molecule has 0 spiro atoms. The molecule has 4 aromatic rings. The second-order valence-corrected chi connectivity index (χ2v) is 7.86. The molecule has 0 saturated heterocycles. The summed E-state index contributed by atoms with van der Waals surface area (Å²) in [6.45, 7) is 0.473. The van der Waals surface area contributed by atoms with Crippen molar-refractivity contribution in [1.29, 1.82) is 0 Å². The van der Waals surface area contributed by atoms with Crippen LogP contribution in [-0.2, 0) is 13.0 Å². The van der Waals surface area contributed by atoms with Gasteiger partial charge in [0, 0.05) is 11.3 Å². The van der Waals surface area contributed by atoms with Gasteiger partial charge in [0.25, 0.3) is 0 Å². The lowest BCUT2D eigenvalue weighted by Gasteiger charge is -2.11. The van der Waals surface area contributed by atoms with Crippen LogP contribution in [0, 0.1) is 4.77 Å². The Morgan fingerprint density at radius 1 is 1.13 bits per heavy atom. The third-order valence-corrected chi connectivity index (χ3v) is 5.52. The van der Waals surface area contributed by atoms with Crippen molar-refractivity contribution in [2.45, 2.75) is 13.0 Å². The molecule has 0 bridgehead atoms. The zero-order chi connectivity index (χ0) is 20.8. The smallest absolute Gasteiger partial charge is 0.216 e. The molecule has 0 aliphatic carbocycles. The van der Waals surface area contributed by atoms with Crippen LogP contribution in [0.15, 0.2) is 71.1 Å². The number of nitrogens with one attached hydrogen (secondary N) is 1. The normalized spacial score (nSPS) is 11.1. The molecule has 6 nitrogen and oxygen atoms in total. The van der Waals surface area contributed by atoms with E-state index >= 15 is 0 Å². The molecule has 0 radical (unpaired) electrons. The largest absolute Gasteiger partial charge is 0.493 e. The molecule has 8 heteroatoms. The zero-order valence-electron chi connectivity index (χ0n) is 16.3. The highest BCUT2D eigenvalue weighted by Gasteiger charge is 2.08. The maximum Gasteiger partial charge on any atom is 0.216 e. The minimum Gasteiger partial charge on any atom is -0.493 e. The number of H-pyrrole nitrogens is 1. The van der Waals surface area contributed by atoms with E-state index in [0.29, 0.717) is 29.3 Å². The lowest BCUT2D eigenvalue weighted by molar-refractivity contribution is 0.284. The molecule has 152 valence electrons. The Kier molecular flexibility index (Phi) is 6.36. The van der Waals surface area contributed by atoms with Crippen LogP contribution in [0.2, 0.25) is 0 Å². The van der Waals surface area contributed by atoms with Crippen LogP contribution >= 0.6 is 23.6 Å². The van der Waals surface area contributed by atoms with Crippen molar-refractivity contribution in [1.82, 2.24) is 14.9 Å². The Balaban J connectivity index is 1.50. The van der Waals surface area contributed by atoms with Crippen molar-refractivity contribution < 1.29 is 9.47 Å². The van der Waals surface area contributed by atoms with Gasteiger partial charge in [-0.3, -0.25) is 5.10 Å². The van der Waals surface area contributed by atoms with Gasteiger partial charge in [-0.15, -0.1) is 11.3 Å². The van der Waals surface area contributed by atoms with Crippen LogP contribution in [-0.4, -0.2) is 28.2 Å². The lowest BCUT2D eigenvalue weighted by Crippen LogP contribution is -2.00. The Morgan fingerprint density at radius 2 is 2.00 bits per heavy atom. The third kappa shape index (κ3) is 4.84. The van der Waals surface area contributed by atoms with E-state index < -0.39 is 0 Å². The first-order valence-electron chi connectivity index (χ1n) is 9.31. The van der Waals surface area contributed by atoms with Crippen LogP contribution in [0.1, 0.15) is 21.8 Å². The topological polar surface area (TPSA) is 64.4 Å². The zero-order valence-corrected chi connectivity index (χ0v) is 18.0. The predicted molar refractivity (Wildman–Crippen MR) is 121 cm³/mol. The molecule has 0 amide bonds. The summed E-state index contributed by atoms with van der Waals surface area (Å²) in [4.78, 5) is 1.20. The molecule has 0 aliphatic heterocycles. The summed E-state index contributed by atoms with van der Waals surface area (Å²) >= 11 is 7.00. The van der Waals surface area contributed by atoms with Gasteiger partial charge in [-0.2, -0.15) is 14.9 Å². The Morgan fingerprint density at radius 3 is 2.77 bits per heavy atom. The van der Waals surface area contributed by atoms with Crippen LogP contribution in [0.4, 0.5) is 0 Å². The highest BCUT2D eigenvalue weighted by molar-refractivity contribution is 7.71. The van der Waals surface area contributed by atoms with Gasteiger partial charge in [0.15, 0.2) is 17.3 Å². The highest BCUT2D eigenvalue weighted by Crippen LogP contribution is 2.28. The number of hydrogen-bond acceptors (Lipinski definition) is 6. The Labute approximate surface area is 183 Å². The van der Waals surface area contributed by atoms with Crippen LogP contribution in [0.5, 0.6) is 11.5 Å². The summed E-state index contributed by atoms with van der Waals surface area (Å²) in [5.41, 5.74) is 1.96. The second-order valence-electron chi connectivity index (χ2n) is 6.44. The fourth-order valence-corrected chi connectivity index (χ4v) is 3.77. The van der Waals surface area contributed by atoms with E-state index in [9.17, 15) is 0 Å².